The number of carbonyl (C=O) groups is 1. The smallest absolute Gasteiger partial charge is 0.407 e. The van der Waals surface area contributed by atoms with Crippen molar-refractivity contribution in [1.29, 1.82) is 0 Å². The highest BCUT2D eigenvalue weighted by Crippen LogP contribution is 2.54. The Labute approximate surface area is 110 Å². The molecular formula is C14H26N2O2. The highest BCUT2D eigenvalue weighted by Gasteiger charge is 2.49. The zero-order valence-corrected chi connectivity index (χ0v) is 11.8. The quantitative estimate of drug-likeness (QED) is 0.795. The molecule has 2 rings (SSSR count). The second-order valence-corrected chi connectivity index (χ2v) is 6.92. The van der Waals surface area contributed by atoms with Crippen LogP contribution >= 0.6 is 0 Å². The topological polar surface area (TPSA) is 64.3 Å². The molecule has 2 saturated carbocycles. The molecule has 0 saturated heterocycles. The Morgan fingerprint density at radius 3 is 2.50 bits per heavy atom. The minimum atomic E-state index is -0.433. The van der Waals surface area contributed by atoms with Crippen molar-refractivity contribution in [2.24, 2.45) is 17.1 Å². The first-order valence-electron chi connectivity index (χ1n) is 7.05. The SMILES string of the molecule is CC(C)(C)OC(=O)NCC1CCC2(CCC2)C1N. The van der Waals surface area contributed by atoms with Crippen LogP contribution in [0.2, 0.25) is 0 Å². The van der Waals surface area contributed by atoms with Crippen LogP contribution in [0.3, 0.4) is 0 Å². The zero-order valence-electron chi connectivity index (χ0n) is 11.8. The molecule has 2 unspecified atom stereocenters. The molecular weight excluding hydrogens is 228 g/mol. The summed E-state index contributed by atoms with van der Waals surface area (Å²) < 4.78 is 5.23. The fourth-order valence-electron chi connectivity index (χ4n) is 3.29. The Kier molecular flexibility index (Phi) is 3.58. The lowest BCUT2D eigenvalue weighted by Crippen LogP contribution is -2.48. The van der Waals surface area contributed by atoms with Crippen LogP contribution in [0.4, 0.5) is 4.79 Å². The molecule has 0 aromatic rings. The third-order valence-electron chi connectivity index (χ3n) is 4.48. The molecule has 104 valence electrons. The largest absolute Gasteiger partial charge is 0.444 e. The Hall–Kier alpha value is -0.770. The van der Waals surface area contributed by atoms with Crippen LogP contribution in [0.25, 0.3) is 0 Å². The number of nitrogens with one attached hydrogen (secondary N) is 1. The van der Waals surface area contributed by atoms with E-state index < -0.39 is 5.60 Å². The fourth-order valence-corrected chi connectivity index (χ4v) is 3.29. The summed E-state index contributed by atoms with van der Waals surface area (Å²) in [6.45, 7) is 6.27. The van der Waals surface area contributed by atoms with Crippen LogP contribution in [-0.2, 0) is 4.74 Å². The summed E-state index contributed by atoms with van der Waals surface area (Å²) in [5.74, 6) is 0.415. The molecule has 4 heteroatoms. The second-order valence-electron chi connectivity index (χ2n) is 6.92. The summed E-state index contributed by atoms with van der Waals surface area (Å²) in [4.78, 5) is 11.6. The molecule has 2 fully saturated rings. The molecule has 0 heterocycles. The van der Waals surface area contributed by atoms with Crippen molar-refractivity contribution in [1.82, 2.24) is 5.32 Å². The van der Waals surface area contributed by atoms with Crippen molar-refractivity contribution in [3.63, 3.8) is 0 Å². The lowest BCUT2D eigenvalue weighted by atomic mass is 9.65. The van der Waals surface area contributed by atoms with Gasteiger partial charge >= 0.3 is 6.09 Å². The molecule has 0 aromatic heterocycles. The van der Waals surface area contributed by atoms with E-state index in [9.17, 15) is 4.79 Å². The van der Waals surface area contributed by atoms with Gasteiger partial charge in [0, 0.05) is 12.6 Å². The van der Waals surface area contributed by atoms with E-state index in [4.69, 9.17) is 10.5 Å². The fraction of sp³-hybridized carbons (Fsp3) is 0.929. The van der Waals surface area contributed by atoms with Gasteiger partial charge in [-0.15, -0.1) is 0 Å². The summed E-state index contributed by atoms with van der Waals surface area (Å²) >= 11 is 0. The van der Waals surface area contributed by atoms with Gasteiger partial charge in [-0.1, -0.05) is 6.42 Å². The van der Waals surface area contributed by atoms with Gasteiger partial charge in [-0.25, -0.2) is 4.79 Å². The Balaban J connectivity index is 1.76. The maximum atomic E-state index is 11.6. The number of ether oxygens (including phenoxy) is 1. The first-order valence-corrected chi connectivity index (χ1v) is 7.05. The third kappa shape index (κ3) is 2.79. The number of alkyl carbamates (subject to hydrolysis) is 1. The summed E-state index contributed by atoms with van der Waals surface area (Å²) in [5.41, 5.74) is 6.31. The van der Waals surface area contributed by atoms with Crippen molar-refractivity contribution in [3.8, 4) is 0 Å². The van der Waals surface area contributed by atoms with E-state index in [1.807, 2.05) is 20.8 Å². The molecule has 2 aliphatic rings. The van der Waals surface area contributed by atoms with Gasteiger partial charge in [-0.3, -0.25) is 0 Å². The Bertz CT molecular complexity index is 318. The number of hydrogen-bond acceptors (Lipinski definition) is 3. The van der Waals surface area contributed by atoms with Crippen molar-refractivity contribution < 1.29 is 9.53 Å². The number of carbonyl (C=O) groups excluding carboxylic acids is 1. The van der Waals surface area contributed by atoms with Crippen LogP contribution in [0.15, 0.2) is 0 Å². The van der Waals surface area contributed by atoms with Gasteiger partial charge in [0.15, 0.2) is 0 Å². The predicted molar refractivity (Wildman–Crippen MR) is 71.2 cm³/mol. The molecule has 18 heavy (non-hydrogen) atoms. The van der Waals surface area contributed by atoms with Gasteiger partial charge < -0.3 is 15.8 Å². The normalized spacial score (nSPS) is 30.0. The average Bonchev–Trinajstić information content (AvgIpc) is 2.49. The lowest BCUT2D eigenvalue weighted by Gasteiger charge is -2.43. The van der Waals surface area contributed by atoms with Gasteiger partial charge in [0.1, 0.15) is 5.60 Å². The lowest BCUT2D eigenvalue weighted by molar-refractivity contribution is 0.0510. The van der Waals surface area contributed by atoms with Crippen LogP contribution in [0, 0.1) is 11.3 Å². The van der Waals surface area contributed by atoms with E-state index in [1.54, 1.807) is 0 Å². The molecule has 3 N–H and O–H groups in total. The molecule has 0 bridgehead atoms. The number of hydrogen-bond donors (Lipinski definition) is 2. The summed E-state index contributed by atoms with van der Waals surface area (Å²) in [6.07, 6.45) is 5.91. The maximum Gasteiger partial charge on any atom is 0.407 e. The van der Waals surface area contributed by atoms with E-state index in [0.717, 1.165) is 6.42 Å². The maximum absolute atomic E-state index is 11.6. The summed E-state index contributed by atoms with van der Waals surface area (Å²) in [6, 6.07) is 0.251. The summed E-state index contributed by atoms with van der Waals surface area (Å²) in [5, 5.41) is 2.86. The van der Waals surface area contributed by atoms with E-state index in [2.05, 4.69) is 5.32 Å². The molecule has 4 nitrogen and oxygen atoms in total. The van der Waals surface area contributed by atoms with Crippen LogP contribution in [0.5, 0.6) is 0 Å². The van der Waals surface area contributed by atoms with E-state index in [1.165, 1.54) is 25.7 Å². The van der Waals surface area contributed by atoms with Gasteiger partial charge in [0.05, 0.1) is 0 Å². The van der Waals surface area contributed by atoms with Crippen LogP contribution in [0.1, 0.15) is 52.9 Å². The van der Waals surface area contributed by atoms with Crippen molar-refractivity contribution in [2.75, 3.05) is 6.54 Å². The molecule has 2 aliphatic carbocycles. The van der Waals surface area contributed by atoms with E-state index in [0.29, 0.717) is 17.9 Å². The minimum Gasteiger partial charge on any atom is -0.444 e. The van der Waals surface area contributed by atoms with E-state index in [-0.39, 0.29) is 12.1 Å². The van der Waals surface area contributed by atoms with Gasteiger partial charge in [-0.05, 0) is 57.8 Å². The van der Waals surface area contributed by atoms with Crippen LogP contribution < -0.4 is 11.1 Å². The molecule has 0 aliphatic heterocycles. The zero-order chi connectivity index (χ0) is 13.4. The first kappa shape index (κ1) is 13.7. The van der Waals surface area contributed by atoms with Gasteiger partial charge in [0.25, 0.3) is 0 Å². The summed E-state index contributed by atoms with van der Waals surface area (Å²) in [7, 11) is 0. The molecule has 2 atom stereocenters. The highest BCUT2D eigenvalue weighted by molar-refractivity contribution is 5.67. The standard InChI is InChI=1S/C14H26N2O2/c1-13(2,3)18-12(17)16-9-10-5-8-14(11(10)15)6-4-7-14/h10-11H,4-9,15H2,1-3H3,(H,16,17). The molecule has 0 radical (unpaired) electrons. The monoisotopic (exact) mass is 254 g/mol. The Morgan fingerprint density at radius 2 is 2.06 bits per heavy atom. The average molecular weight is 254 g/mol. The van der Waals surface area contributed by atoms with Crippen molar-refractivity contribution in [3.05, 3.63) is 0 Å². The van der Waals surface area contributed by atoms with E-state index >= 15 is 0 Å². The number of nitrogens with two attached hydrogens (primary N) is 1. The molecule has 1 spiro atoms. The second kappa shape index (κ2) is 4.72. The first-order chi connectivity index (χ1) is 8.32. The number of amides is 1. The highest BCUT2D eigenvalue weighted by atomic mass is 16.6. The molecule has 1 amide bonds. The van der Waals surface area contributed by atoms with Crippen molar-refractivity contribution >= 4 is 6.09 Å². The van der Waals surface area contributed by atoms with Gasteiger partial charge in [0.2, 0.25) is 0 Å². The van der Waals surface area contributed by atoms with Gasteiger partial charge in [-0.2, -0.15) is 0 Å². The number of rotatable bonds is 2. The van der Waals surface area contributed by atoms with Crippen molar-refractivity contribution in [2.45, 2.75) is 64.5 Å². The minimum absolute atomic E-state index is 0.251. The Morgan fingerprint density at radius 1 is 1.39 bits per heavy atom. The third-order valence-corrected chi connectivity index (χ3v) is 4.48. The predicted octanol–water partition coefficient (Wildman–Crippen LogP) is 2.42. The van der Waals surface area contributed by atoms with Crippen LogP contribution in [-0.4, -0.2) is 24.3 Å². The molecule has 0 aromatic carbocycles.